The number of nitrogens with one attached hydrogen (secondary N) is 1. The Morgan fingerprint density at radius 3 is 2.47 bits per heavy atom. The second-order valence-electron chi connectivity index (χ2n) is 4.20. The third-order valence-corrected chi connectivity index (χ3v) is 4.84. The van der Waals surface area contributed by atoms with E-state index in [0.29, 0.717) is 12.1 Å². The molecule has 0 amide bonds. The highest BCUT2D eigenvalue weighted by Gasteiger charge is 2.14. The molecule has 0 spiro atoms. The molecule has 0 radical (unpaired) electrons. The Morgan fingerprint density at radius 1 is 1.33 bits per heavy atom. The van der Waals surface area contributed by atoms with E-state index in [1.54, 1.807) is 0 Å². The van der Waals surface area contributed by atoms with Crippen molar-refractivity contribution < 1.29 is 0 Å². The molecule has 1 N–H and O–H groups in total. The number of halogens is 1. The van der Waals surface area contributed by atoms with Crippen molar-refractivity contribution in [3.8, 4) is 0 Å². The lowest BCUT2D eigenvalue weighted by molar-refractivity contribution is 0.362. The minimum absolute atomic E-state index is 0.449. The predicted octanol–water partition coefficient (Wildman–Crippen LogP) is 4.60. The molecule has 0 aliphatic rings. The van der Waals surface area contributed by atoms with Crippen LogP contribution in [0, 0.1) is 5.92 Å². The molecule has 1 nitrogen and oxygen atoms in total. The molecule has 0 aromatic carbocycles. The number of hydrogen-bond acceptors (Lipinski definition) is 2. The zero-order valence-electron chi connectivity index (χ0n) is 9.88. The normalized spacial score (nSPS) is 17.4. The fourth-order valence-corrected chi connectivity index (χ4v) is 2.99. The highest BCUT2D eigenvalue weighted by molar-refractivity contribution is 9.11. The first-order chi connectivity index (χ1) is 7.04. The van der Waals surface area contributed by atoms with Crippen LogP contribution in [0.2, 0.25) is 0 Å². The van der Waals surface area contributed by atoms with Gasteiger partial charge in [-0.2, -0.15) is 0 Å². The van der Waals surface area contributed by atoms with Gasteiger partial charge in [0.2, 0.25) is 0 Å². The van der Waals surface area contributed by atoms with Crippen LogP contribution in [0.15, 0.2) is 15.9 Å². The summed E-state index contributed by atoms with van der Waals surface area (Å²) in [6, 6.07) is 5.33. The van der Waals surface area contributed by atoms with Crippen molar-refractivity contribution in [1.29, 1.82) is 0 Å². The average molecular weight is 290 g/mol. The number of thiophene rings is 1. The summed E-state index contributed by atoms with van der Waals surface area (Å²) in [6.45, 7) is 9.05. The van der Waals surface area contributed by atoms with Gasteiger partial charge < -0.3 is 5.32 Å². The van der Waals surface area contributed by atoms with E-state index in [-0.39, 0.29) is 0 Å². The van der Waals surface area contributed by atoms with E-state index in [1.165, 1.54) is 15.1 Å². The van der Waals surface area contributed by atoms with E-state index in [4.69, 9.17) is 0 Å². The zero-order chi connectivity index (χ0) is 11.4. The van der Waals surface area contributed by atoms with E-state index in [0.717, 1.165) is 5.92 Å². The summed E-state index contributed by atoms with van der Waals surface area (Å²) >= 11 is 5.31. The fourth-order valence-electron chi connectivity index (χ4n) is 1.56. The van der Waals surface area contributed by atoms with Gasteiger partial charge >= 0.3 is 0 Å². The van der Waals surface area contributed by atoms with Crippen molar-refractivity contribution in [3.05, 3.63) is 20.8 Å². The maximum atomic E-state index is 3.65. The highest BCUT2D eigenvalue weighted by Crippen LogP contribution is 2.27. The van der Waals surface area contributed by atoms with Crippen LogP contribution >= 0.6 is 27.3 Å². The van der Waals surface area contributed by atoms with Gasteiger partial charge in [-0.05, 0) is 47.8 Å². The van der Waals surface area contributed by atoms with Gasteiger partial charge in [-0.3, -0.25) is 0 Å². The Hall–Kier alpha value is 0.140. The van der Waals surface area contributed by atoms with Gasteiger partial charge in [0.05, 0.1) is 3.79 Å². The van der Waals surface area contributed by atoms with Crippen molar-refractivity contribution >= 4 is 27.3 Å². The van der Waals surface area contributed by atoms with Crippen LogP contribution in [0.25, 0.3) is 0 Å². The van der Waals surface area contributed by atoms with Crippen molar-refractivity contribution in [2.45, 2.75) is 46.2 Å². The smallest absolute Gasteiger partial charge is 0.0701 e. The third-order valence-electron chi connectivity index (χ3n) is 3.03. The quantitative estimate of drug-likeness (QED) is 0.836. The van der Waals surface area contributed by atoms with E-state index >= 15 is 0 Å². The molecule has 3 unspecified atom stereocenters. The standard InChI is InChI=1S/C12H20BrNS/c1-5-8(2)9(3)14-10(4)11-6-7-12(13)15-11/h6-10,14H,5H2,1-4H3. The van der Waals surface area contributed by atoms with Gasteiger partial charge in [0.1, 0.15) is 0 Å². The van der Waals surface area contributed by atoms with Crippen LogP contribution in [-0.2, 0) is 0 Å². The molecular formula is C12H20BrNS. The molecule has 0 saturated heterocycles. The highest BCUT2D eigenvalue weighted by atomic mass is 79.9. The van der Waals surface area contributed by atoms with Gasteiger partial charge in [-0.25, -0.2) is 0 Å². The predicted molar refractivity (Wildman–Crippen MR) is 72.5 cm³/mol. The minimum Gasteiger partial charge on any atom is -0.307 e. The van der Waals surface area contributed by atoms with E-state index in [2.05, 4.69) is 61.1 Å². The summed E-state index contributed by atoms with van der Waals surface area (Å²) < 4.78 is 1.21. The Labute approximate surface area is 105 Å². The minimum atomic E-state index is 0.449. The topological polar surface area (TPSA) is 12.0 Å². The molecular weight excluding hydrogens is 270 g/mol. The summed E-state index contributed by atoms with van der Waals surface area (Å²) in [4.78, 5) is 1.40. The van der Waals surface area contributed by atoms with E-state index in [9.17, 15) is 0 Å². The molecule has 3 heteroatoms. The second-order valence-corrected chi connectivity index (χ2v) is 6.70. The lowest BCUT2D eigenvalue weighted by Crippen LogP contribution is -2.33. The summed E-state index contributed by atoms with van der Waals surface area (Å²) in [5.41, 5.74) is 0. The largest absolute Gasteiger partial charge is 0.307 e. The van der Waals surface area contributed by atoms with Crippen molar-refractivity contribution in [3.63, 3.8) is 0 Å². The molecule has 1 aromatic heterocycles. The van der Waals surface area contributed by atoms with Crippen LogP contribution in [0.4, 0.5) is 0 Å². The second kappa shape index (κ2) is 6.02. The molecule has 0 aliphatic carbocycles. The number of hydrogen-bond donors (Lipinski definition) is 1. The molecule has 0 aliphatic heterocycles. The van der Waals surface area contributed by atoms with Gasteiger partial charge in [-0.1, -0.05) is 20.3 Å². The summed E-state index contributed by atoms with van der Waals surface area (Å²) in [5, 5.41) is 3.65. The fraction of sp³-hybridized carbons (Fsp3) is 0.667. The Kier molecular flexibility index (Phi) is 5.30. The van der Waals surface area contributed by atoms with Crippen molar-refractivity contribution in [1.82, 2.24) is 5.32 Å². The van der Waals surface area contributed by atoms with Gasteiger partial charge in [-0.15, -0.1) is 11.3 Å². The van der Waals surface area contributed by atoms with Gasteiger partial charge in [0.15, 0.2) is 0 Å². The van der Waals surface area contributed by atoms with Crippen molar-refractivity contribution in [2.75, 3.05) is 0 Å². The molecule has 1 heterocycles. The summed E-state index contributed by atoms with van der Waals surface area (Å²) in [7, 11) is 0. The Bertz CT molecular complexity index is 298. The van der Waals surface area contributed by atoms with Crippen LogP contribution in [0.1, 0.15) is 45.0 Å². The third kappa shape index (κ3) is 3.89. The monoisotopic (exact) mass is 289 g/mol. The molecule has 0 saturated carbocycles. The van der Waals surface area contributed by atoms with Crippen LogP contribution in [0.5, 0.6) is 0 Å². The summed E-state index contributed by atoms with van der Waals surface area (Å²) in [6.07, 6.45) is 1.23. The molecule has 0 fully saturated rings. The summed E-state index contributed by atoms with van der Waals surface area (Å²) in [5.74, 6) is 0.732. The Morgan fingerprint density at radius 2 is 2.00 bits per heavy atom. The van der Waals surface area contributed by atoms with Crippen LogP contribution in [0.3, 0.4) is 0 Å². The SMILES string of the molecule is CCC(C)C(C)NC(C)c1ccc(Br)s1. The van der Waals surface area contributed by atoms with Crippen LogP contribution < -0.4 is 5.32 Å². The van der Waals surface area contributed by atoms with Crippen LogP contribution in [-0.4, -0.2) is 6.04 Å². The Balaban J connectivity index is 2.52. The molecule has 1 aromatic rings. The first-order valence-electron chi connectivity index (χ1n) is 5.55. The number of rotatable bonds is 5. The van der Waals surface area contributed by atoms with Gasteiger partial charge in [0, 0.05) is 17.0 Å². The average Bonchev–Trinajstić information content (AvgIpc) is 2.63. The molecule has 15 heavy (non-hydrogen) atoms. The first kappa shape index (κ1) is 13.2. The molecule has 86 valence electrons. The maximum absolute atomic E-state index is 3.65. The van der Waals surface area contributed by atoms with Crippen molar-refractivity contribution in [2.24, 2.45) is 5.92 Å². The van der Waals surface area contributed by atoms with E-state index in [1.807, 2.05) is 11.3 Å². The maximum Gasteiger partial charge on any atom is 0.0701 e. The molecule has 1 rings (SSSR count). The van der Waals surface area contributed by atoms with E-state index < -0.39 is 0 Å². The first-order valence-corrected chi connectivity index (χ1v) is 7.16. The lowest BCUT2D eigenvalue weighted by Gasteiger charge is -2.23. The lowest BCUT2D eigenvalue weighted by atomic mass is 10.00. The molecule has 3 atom stereocenters. The van der Waals surface area contributed by atoms with Gasteiger partial charge in [0.25, 0.3) is 0 Å². The zero-order valence-corrected chi connectivity index (χ0v) is 12.3. The molecule has 0 bridgehead atoms.